The van der Waals surface area contributed by atoms with Crippen LogP contribution in [0.15, 0.2) is 54.6 Å². The molecule has 1 aliphatic heterocycles. The molecular weight excluding hydrogens is 338 g/mol. The number of carbonyl (C=O) groups excluding carboxylic acids is 1. The van der Waals surface area contributed by atoms with E-state index >= 15 is 0 Å². The van der Waals surface area contributed by atoms with E-state index in [0.29, 0.717) is 5.69 Å². The Morgan fingerprint density at radius 1 is 1.07 bits per heavy atom. The molecule has 0 aliphatic carbocycles. The largest absolute Gasteiger partial charge is 0.324 e. The molecule has 1 aromatic heterocycles. The van der Waals surface area contributed by atoms with Gasteiger partial charge in [0, 0.05) is 24.2 Å². The highest BCUT2D eigenvalue weighted by Gasteiger charge is 2.30. The zero-order valence-corrected chi connectivity index (χ0v) is 15.4. The predicted octanol–water partition coefficient (Wildman–Crippen LogP) is 3.09. The van der Waals surface area contributed by atoms with Gasteiger partial charge in [0.2, 0.25) is 5.91 Å². The molecule has 1 atom stereocenters. The number of carbonyl (C=O) groups is 1. The zero-order valence-electron chi connectivity index (χ0n) is 15.4. The fourth-order valence-corrected chi connectivity index (χ4v) is 3.40. The van der Waals surface area contributed by atoms with Gasteiger partial charge in [-0.3, -0.25) is 4.79 Å². The Balaban J connectivity index is 1.51. The van der Waals surface area contributed by atoms with Crippen LogP contribution in [-0.4, -0.2) is 20.7 Å². The summed E-state index contributed by atoms with van der Waals surface area (Å²) < 4.78 is 2.18. The number of hydrogen-bond donors (Lipinski definition) is 2. The molecule has 0 saturated heterocycles. The molecule has 1 unspecified atom stereocenters. The van der Waals surface area contributed by atoms with Crippen molar-refractivity contribution in [3.05, 3.63) is 66.0 Å². The molecule has 6 nitrogen and oxygen atoms in total. The van der Waals surface area contributed by atoms with Crippen LogP contribution in [0.2, 0.25) is 0 Å². The van der Waals surface area contributed by atoms with Crippen LogP contribution in [0.4, 0.5) is 5.69 Å². The van der Waals surface area contributed by atoms with Crippen LogP contribution in [-0.2, 0) is 23.3 Å². The SMILES string of the molecule is CC(N)(C(=O)Nc1ccc(-c2nnc3n2CCCC3)cc1)c1ccccc1. The maximum absolute atomic E-state index is 12.7. The average Bonchev–Trinajstić information content (AvgIpc) is 3.13. The molecule has 0 radical (unpaired) electrons. The Morgan fingerprint density at radius 3 is 2.56 bits per heavy atom. The van der Waals surface area contributed by atoms with E-state index < -0.39 is 5.54 Å². The number of rotatable bonds is 4. The van der Waals surface area contributed by atoms with Crippen LogP contribution in [0, 0.1) is 0 Å². The average molecular weight is 361 g/mol. The summed E-state index contributed by atoms with van der Waals surface area (Å²) in [5.74, 6) is 1.69. The molecule has 6 heteroatoms. The molecule has 3 aromatic rings. The molecule has 2 heterocycles. The van der Waals surface area contributed by atoms with Crippen LogP contribution in [0.25, 0.3) is 11.4 Å². The first-order valence-electron chi connectivity index (χ1n) is 9.24. The van der Waals surface area contributed by atoms with E-state index in [2.05, 4.69) is 20.1 Å². The van der Waals surface area contributed by atoms with Crippen molar-refractivity contribution in [2.24, 2.45) is 5.73 Å². The lowest BCUT2D eigenvalue weighted by Crippen LogP contribution is -2.45. The molecule has 138 valence electrons. The lowest BCUT2D eigenvalue weighted by Gasteiger charge is -2.24. The minimum atomic E-state index is -1.11. The fraction of sp³-hybridized carbons (Fsp3) is 0.286. The summed E-state index contributed by atoms with van der Waals surface area (Å²) in [5, 5.41) is 11.5. The molecule has 1 aliphatic rings. The number of nitrogens with one attached hydrogen (secondary N) is 1. The topological polar surface area (TPSA) is 85.8 Å². The van der Waals surface area contributed by atoms with Gasteiger partial charge in [-0.05, 0) is 49.6 Å². The summed E-state index contributed by atoms with van der Waals surface area (Å²) in [7, 11) is 0. The summed E-state index contributed by atoms with van der Waals surface area (Å²) >= 11 is 0. The number of fused-ring (bicyclic) bond motifs is 1. The number of hydrogen-bond acceptors (Lipinski definition) is 4. The monoisotopic (exact) mass is 361 g/mol. The van der Waals surface area contributed by atoms with Gasteiger partial charge < -0.3 is 15.6 Å². The first-order chi connectivity index (χ1) is 13.1. The molecule has 0 spiro atoms. The third-order valence-electron chi connectivity index (χ3n) is 5.11. The Kier molecular flexibility index (Phi) is 4.49. The lowest BCUT2D eigenvalue weighted by molar-refractivity contribution is -0.120. The third kappa shape index (κ3) is 3.36. The van der Waals surface area contributed by atoms with E-state index in [1.165, 1.54) is 6.42 Å². The fourth-order valence-electron chi connectivity index (χ4n) is 3.40. The number of benzene rings is 2. The van der Waals surface area contributed by atoms with E-state index in [9.17, 15) is 4.79 Å². The van der Waals surface area contributed by atoms with Crippen molar-refractivity contribution in [1.29, 1.82) is 0 Å². The Bertz CT molecular complexity index is 944. The first-order valence-corrected chi connectivity index (χ1v) is 9.24. The van der Waals surface area contributed by atoms with Crippen LogP contribution in [0.5, 0.6) is 0 Å². The molecule has 4 rings (SSSR count). The Morgan fingerprint density at radius 2 is 1.81 bits per heavy atom. The number of nitrogens with two attached hydrogens (primary N) is 1. The minimum absolute atomic E-state index is 0.249. The van der Waals surface area contributed by atoms with Crippen LogP contribution in [0.3, 0.4) is 0 Å². The smallest absolute Gasteiger partial charge is 0.248 e. The second-order valence-corrected chi connectivity index (χ2v) is 7.15. The zero-order chi connectivity index (χ0) is 18.9. The maximum Gasteiger partial charge on any atom is 0.248 e. The van der Waals surface area contributed by atoms with Crippen LogP contribution < -0.4 is 11.1 Å². The van der Waals surface area contributed by atoms with Gasteiger partial charge in [-0.1, -0.05) is 30.3 Å². The van der Waals surface area contributed by atoms with Gasteiger partial charge in [0.1, 0.15) is 11.4 Å². The second kappa shape index (κ2) is 6.96. The Hall–Kier alpha value is -2.99. The van der Waals surface area contributed by atoms with Gasteiger partial charge >= 0.3 is 0 Å². The number of aromatic nitrogens is 3. The lowest BCUT2D eigenvalue weighted by atomic mass is 9.92. The standard InChI is InChI=1S/C21H23N5O/c1-21(22,16-7-3-2-4-8-16)20(27)23-17-12-10-15(11-13-17)19-25-24-18-9-5-6-14-26(18)19/h2-4,7-8,10-13H,5-6,9,14,22H2,1H3,(H,23,27). The van der Waals surface area contributed by atoms with Gasteiger partial charge in [0.15, 0.2) is 5.82 Å². The van der Waals surface area contributed by atoms with Gasteiger partial charge in [0.05, 0.1) is 0 Å². The number of amides is 1. The highest BCUT2D eigenvalue weighted by atomic mass is 16.2. The van der Waals surface area contributed by atoms with Gasteiger partial charge in [0.25, 0.3) is 0 Å². The highest BCUT2D eigenvalue weighted by molar-refractivity contribution is 5.98. The molecule has 0 saturated carbocycles. The van der Waals surface area contributed by atoms with E-state index in [4.69, 9.17) is 5.73 Å². The van der Waals surface area contributed by atoms with E-state index in [-0.39, 0.29) is 5.91 Å². The van der Waals surface area contributed by atoms with Crippen molar-refractivity contribution in [2.45, 2.75) is 38.3 Å². The van der Waals surface area contributed by atoms with Crippen molar-refractivity contribution >= 4 is 11.6 Å². The van der Waals surface area contributed by atoms with Crippen molar-refractivity contribution in [3.8, 4) is 11.4 Å². The molecule has 0 bridgehead atoms. The van der Waals surface area contributed by atoms with Gasteiger partial charge in [-0.25, -0.2) is 0 Å². The maximum atomic E-state index is 12.7. The number of aryl methyl sites for hydroxylation is 1. The highest BCUT2D eigenvalue weighted by Crippen LogP contribution is 2.25. The van der Waals surface area contributed by atoms with Gasteiger partial charge in [-0.15, -0.1) is 10.2 Å². The second-order valence-electron chi connectivity index (χ2n) is 7.15. The van der Waals surface area contributed by atoms with Crippen molar-refractivity contribution in [1.82, 2.24) is 14.8 Å². The number of nitrogens with zero attached hydrogens (tertiary/aromatic N) is 3. The normalized spacial score (nSPS) is 15.6. The summed E-state index contributed by atoms with van der Waals surface area (Å²) in [6.07, 6.45) is 3.30. The Labute approximate surface area is 158 Å². The van der Waals surface area contributed by atoms with Crippen molar-refractivity contribution < 1.29 is 4.79 Å². The van der Waals surface area contributed by atoms with Crippen molar-refractivity contribution in [2.75, 3.05) is 5.32 Å². The molecule has 1 amide bonds. The third-order valence-corrected chi connectivity index (χ3v) is 5.11. The summed E-state index contributed by atoms with van der Waals surface area (Å²) in [5.41, 5.74) is 7.64. The first kappa shape index (κ1) is 17.4. The van der Waals surface area contributed by atoms with E-state index in [1.807, 2.05) is 54.6 Å². The molecule has 3 N–H and O–H groups in total. The predicted molar refractivity (Wildman–Crippen MR) is 105 cm³/mol. The van der Waals surface area contributed by atoms with Gasteiger partial charge in [-0.2, -0.15) is 0 Å². The minimum Gasteiger partial charge on any atom is -0.324 e. The quantitative estimate of drug-likeness (QED) is 0.748. The summed E-state index contributed by atoms with van der Waals surface area (Å²) in [4.78, 5) is 12.7. The molecule has 27 heavy (non-hydrogen) atoms. The summed E-state index contributed by atoms with van der Waals surface area (Å²) in [6.45, 7) is 2.67. The molecule has 0 fully saturated rings. The van der Waals surface area contributed by atoms with E-state index in [0.717, 1.165) is 42.2 Å². The van der Waals surface area contributed by atoms with Crippen molar-refractivity contribution in [3.63, 3.8) is 0 Å². The number of anilines is 1. The molecule has 2 aromatic carbocycles. The van der Waals surface area contributed by atoms with E-state index in [1.54, 1.807) is 6.92 Å². The van der Waals surface area contributed by atoms with Crippen LogP contribution in [0.1, 0.15) is 31.2 Å². The summed E-state index contributed by atoms with van der Waals surface area (Å²) in [6, 6.07) is 17.0. The van der Waals surface area contributed by atoms with Crippen LogP contribution >= 0.6 is 0 Å². The molecular formula is C21H23N5O.